The fraction of sp³-hybridized carbons (Fsp3) is 0.346. The molecule has 2 amide bonds. The maximum Gasteiger partial charge on any atom is 0.416 e. The van der Waals surface area contributed by atoms with Gasteiger partial charge in [-0.15, -0.1) is 0 Å². The van der Waals surface area contributed by atoms with Gasteiger partial charge in [0.1, 0.15) is 11.9 Å². The minimum Gasteiger partial charge on any atom is -0.494 e. The molecule has 0 atom stereocenters. The van der Waals surface area contributed by atoms with Gasteiger partial charge in [-0.2, -0.15) is 13.2 Å². The molecule has 2 aromatic carbocycles. The van der Waals surface area contributed by atoms with Gasteiger partial charge in [-0.05, 0) is 49.5 Å². The van der Waals surface area contributed by atoms with Gasteiger partial charge in [-0.25, -0.2) is 4.79 Å². The Hall–Kier alpha value is -3.86. The number of ether oxygens (including phenoxy) is 2. The Bertz CT molecular complexity index is 1160. The lowest BCUT2D eigenvalue weighted by molar-refractivity contribution is -0.137. The van der Waals surface area contributed by atoms with Crippen LogP contribution in [0.25, 0.3) is 5.70 Å². The second kappa shape index (κ2) is 11.5. The van der Waals surface area contributed by atoms with E-state index in [2.05, 4.69) is 21.5 Å². The van der Waals surface area contributed by atoms with Gasteiger partial charge in [0.2, 0.25) is 5.88 Å². The van der Waals surface area contributed by atoms with Gasteiger partial charge >= 0.3 is 12.2 Å². The monoisotopic (exact) mass is 518 g/mol. The lowest BCUT2D eigenvalue weighted by Gasteiger charge is -2.31. The third-order valence-corrected chi connectivity index (χ3v) is 6.23. The van der Waals surface area contributed by atoms with E-state index in [1.807, 2.05) is 42.5 Å². The third kappa shape index (κ3) is 6.67. The predicted molar refractivity (Wildman–Crippen MR) is 132 cm³/mol. The zero-order valence-corrected chi connectivity index (χ0v) is 20.2. The molecular formula is C26H29F3N4O4. The van der Waals surface area contributed by atoms with Crippen molar-refractivity contribution >= 4 is 17.4 Å². The first-order chi connectivity index (χ1) is 17.8. The van der Waals surface area contributed by atoms with Crippen LogP contribution in [0.3, 0.4) is 0 Å². The Morgan fingerprint density at radius 2 is 1.81 bits per heavy atom. The molecule has 2 aliphatic rings. The van der Waals surface area contributed by atoms with Gasteiger partial charge in [0.05, 0.1) is 30.7 Å². The lowest BCUT2D eigenvalue weighted by atomic mass is 9.93. The third-order valence-electron chi connectivity index (χ3n) is 6.23. The second-order valence-corrected chi connectivity index (χ2v) is 8.79. The molecule has 198 valence electrons. The number of nitrogens with one attached hydrogen (secondary N) is 4. The first-order valence-corrected chi connectivity index (χ1v) is 11.9. The topological polar surface area (TPSA) is 104 Å². The van der Waals surface area contributed by atoms with Crippen LogP contribution in [0.1, 0.15) is 42.4 Å². The molecule has 0 radical (unpaired) electrons. The molecule has 1 aliphatic heterocycles. The smallest absolute Gasteiger partial charge is 0.416 e. The fourth-order valence-corrected chi connectivity index (χ4v) is 4.38. The Kier molecular flexibility index (Phi) is 8.12. The Labute approximate surface area is 212 Å². The van der Waals surface area contributed by atoms with Crippen LogP contribution in [0.15, 0.2) is 60.5 Å². The highest BCUT2D eigenvalue weighted by molar-refractivity contribution is 5.91. The number of carbonyl (C=O) groups excluding carboxylic acids is 1. The number of alkyl halides is 3. The van der Waals surface area contributed by atoms with E-state index in [1.165, 1.54) is 7.11 Å². The number of hydrogen-bond acceptors (Lipinski definition) is 6. The standard InChI is InChI=1S/C26H29F3N4O4/c1-36-24-17(15-34)13-18(26(27,28)29)14-22(24)31-25(35)30-19-7-9-20(10-8-19)37-23-12-11-21(32-33-23)16-5-3-2-4-6-16/h2-6,11-14,19-20,32-34H,7-10,15H2,1H3,(H2,30,31,35). The number of methoxy groups -OCH3 is 1. The molecule has 0 aromatic heterocycles. The Balaban J connectivity index is 1.30. The molecule has 4 rings (SSSR count). The number of urea groups is 1. The van der Waals surface area contributed by atoms with E-state index in [-0.39, 0.29) is 29.1 Å². The summed E-state index contributed by atoms with van der Waals surface area (Å²) in [6, 6.07) is 10.7. The first-order valence-electron chi connectivity index (χ1n) is 11.9. The average Bonchev–Trinajstić information content (AvgIpc) is 2.89. The summed E-state index contributed by atoms with van der Waals surface area (Å²) < 4.78 is 50.9. The summed E-state index contributed by atoms with van der Waals surface area (Å²) in [5.74, 6) is 0.583. The summed E-state index contributed by atoms with van der Waals surface area (Å²) >= 11 is 0. The number of hydrazine groups is 1. The zero-order valence-electron chi connectivity index (χ0n) is 20.2. The number of amides is 2. The highest BCUT2D eigenvalue weighted by Crippen LogP contribution is 2.38. The quantitative estimate of drug-likeness (QED) is 0.366. The molecule has 11 heteroatoms. The van der Waals surface area contributed by atoms with Crippen LogP contribution >= 0.6 is 0 Å². The summed E-state index contributed by atoms with van der Waals surface area (Å²) in [6.07, 6.45) is 1.80. The van der Waals surface area contributed by atoms with E-state index in [0.29, 0.717) is 31.6 Å². The molecule has 0 unspecified atom stereocenters. The van der Waals surface area contributed by atoms with E-state index in [9.17, 15) is 23.1 Å². The van der Waals surface area contributed by atoms with Gasteiger partial charge in [0.25, 0.3) is 0 Å². The average molecular weight is 519 g/mol. The molecule has 8 nitrogen and oxygen atoms in total. The zero-order chi connectivity index (χ0) is 26.4. The van der Waals surface area contributed by atoms with E-state index in [0.717, 1.165) is 23.4 Å². The molecule has 1 fully saturated rings. The van der Waals surface area contributed by atoms with Crippen LogP contribution < -0.4 is 26.2 Å². The van der Waals surface area contributed by atoms with Crippen molar-refractivity contribution in [1.82, 2.24) is 16.2 Å². The van der Waals surface area contributed by atoms with E-state index < -0.39 is 24.4 Å². The number of carbonyl (C=O) groups is 1. The van der Waals surface area contributed by atoms with E-state index >= 15 is 0 Å². The highest BCUT2D eigenvalue weighted by atomic mass is 19.4. The van der Waals surface area contributed by atoms with Crippen molar-refractivity contribution in [2.45, 2.75) is 50.6 Å². The van der Waals surface area contributed by atoms with Crippen LogP contribution in [-0.2, 0) is 17.5 Å². The number of benzene rings is 2. The number of rotatable bonds is 7. The molecule has 0 saturated heterocycles. The molecule has 0 spiro atoms. The molecule has 2 aromatic rings. The second-order valence-electron chi connectivity index (χ2n) is 8.79. The van der Waals surface area contributed by atoms with Crippen molar-refractivity contribution in [3.8, 4) is 5.75 Å². The van der Waals surface area contributed by atoms with Gasteiger partial charge in [0.15, 0.2) is 0 Å². The molecule has 1 heterocycles. The Morgan fingerprint density at radius 1 is 1.08 bits per heavy atom. The highest BCUT2D eigenvalue weighted by Gasteiger charge is 2.33. The summed E-state index contributed by atoms with van der Waals surface area (Å²) in [5, 5.41) is 14.7. The first kappa shape index (κ1) is 26.2. The molecule has 0 bridgehead atoms. The fourth-order valence-electron chi connectivity index (χ4n) is 4.38. The number of aliphatic hydroxyl groups is 1. The van der Waals surface area contributed by atoms with Crippen LogP contribution in [-0.4, -0.2) is 30.4 Å². The number of halogens is 3. The van der Waals surface area contributed by atoms with Crippen molar-refractivity contribution in [3.63, 3.8) is 0 Å². The normalized spacial score (nSPS) is 19.5. The summed E-state index contributed by atoms with van der Waals surface area (Å²) in [4.78, 5) is 12.6. The Morgan fingerprint density at radius 3 is 2.41 bits per heavy atom. The molecule has 1 aliphatic carbocycles. The minimum absolute atomic E-state index is 0.0194. The van der Waals surface area contributed by atoms with Crippen LogP contribution in [0.2, 0.25) is 0 Å². The molecule has 5 N–H and O–H groups in total. The lowest BCUT2D eigenvalue weighted by Crippen LogP contribution is -2.42. The molecular weight excluding hydrogens is 489 g/mol. The van der Waals surface area contributed by atoms with Gasteiger partial charge in [-0.3, -0.25) is 10.9 Å². The minimum atomic E-state index is -4.64. The summed E-state index contributed by atoms with van der Waals surface area (Å²) in [7, 11) is 1.26. The maximum atomic E-state index is 13.3. The number of allylic oxidation sites excluding steroid dienone is 2. The van der Waals surface area contributed by atoms with Crippen molar-refractivity contribution in [2.75, 3.05) is 12.4 Å². The number of aliphatic hydroxyl groups excluding tert-OH is 1. The van der Waals surface area contributed by atoms with E-state index in [1.54, 1.807) is 0 Å². The molecule has 1 saturated carbocycles. The van der Waals surface area contributed by atoms with Gasteiger partial charge < -0.3 is 25.2 Å². The SMILES string of the molecule is COc1c(CO)cc(C(F)(F)F)cc1NC(=O)NC1CCC(OC2=CC=C(c3ccccc3)NN2)CC1. The van der Waals surface area contributed by atoms with Crippen molar-refractivity contribution in [3.05, 3.63) is 77.2 Å². The van der Waals surface area contributed by atoms with Gasteiger partial charge in [-0.1, -0.05) is 30.3 Å². The predicted octanol–water partition coefficient (Wildman–Crippen LogP) is 4.65. The van der Waals surface area contributed by atoms with Crippen molar-refractivity contribution in [1.29, 1.82) is 0 Å². The maximum absolute atomic E-state index is 13.3. The van der Waals surface area contributed by atoms with Crippen LogP contribution in [0.5, 0.6) is 5.75 Å². The van der Waals surface area contributed by atoms with Crippen LogP contribution in [0.4, 0.5) is 23.7 Å². The van der Waals surface area contributed by atoms with Gasteiger partial charge in [0, 0.05) is 17.7 Å². The number of anilines is 1. The van der Waals surface area contributed by atoms with E-state index in [4.69, 9.17) is 9.47 Å². The number of hydrogen-bond donors (Lipinski definition) is 5. The van der Waals surface area contributed by atoms with Crippen molar-refractivity contribution in [2.24, 2.45) is 0 Å². The van der Waals surface area contributed by atoms with Crippen molar-refractivity contribution < 1.29 is 32.5 Å². The summed E-state index contributed by atoms with van der Waals surface area (Å²) in [5.41, 5.74) is 6.92. The summed E-state index contributed by atoms with van der Waals surface area (Å²) in [6.45, 7) is -0.669. The van der Waals surface area contributed by atoms with Crippen LogP contribution in [0, 0.1) is 0 Å². The largest absolute Gasteiger partial charge is 0.494 e. The molecule has 37 heavy (non-hydrogen) atoms.